The molecule has 120 valence electrons. The molecular formula is C17H21N5O. The lowest BCUT2D eigenvalue weighted by Crippen LogP contribution is -2.27. The number of hydrogen-bond donors (Lipinski definition) is 2. The zero-order valence-corrected chi connectivity index (χ0v) is 13.0. The summed E-state index contributed by atoms with van der Waals surface area (Å²) in [6, 6.07) is 11.3. The highest BCUT2D eigenvalue weighted by Gasteiger charge is 2.15. The number of nitrogen functional groups attached to an aromatic ring is 1. The maximum absolute atomic E-state index is 12.1. The molecule has 3 rings (SSSR count). The molecule has 6 nitrogen and oxygen atoms in total. The molecule has 0 bridgehead atoms. The number of nitrogens with two attached hydrogens (primary N) is 1. The summed E-state index contributed by atoms with van der Waals surface area (Å²) in [5.74, 6) is 0.654. The van der Waals surface area contributed by atoms with Crippen molar-refractivity contribution in [2.75, 3.05) is 30.3 Å². The van der Waals surface area contributed by atoms with Crippen molar-refractivity contribution in [1.29, 1.82) is 0 Å². The molecule has 3 N–H and O–H groups in total. The maximum atomic E-state index is 12.1. The average Bonchev–Trinajstić information content (AvgIpc) is 3.11. The fraction of sp³-hybridized carbons (Fsp3) is 0.353. The Bertz CT molecular complexity index is 648. The third-order valence-corrected chi connectivity index (χ3v) is 3.99. The van der Waals surface area contributed by atoms with Gasteiger partial charge in [0, 0.05) is 25.3 Å². The number of amides is 1. The van der Waals surface area contributed by atoms with Crippen LogP contribution in [0.4, 0.5) is 11.5 Å². The van der Waals surface area contributed by atoms with Gasteiger partial charge in [0.2, 0.25) is 0 Å². The van der Waals surface area contributed by atoms with Crippen molar-refractivity contribution in [3.63, 3.8) is 0 Å². The van der Waals surface area contributed by atoms with E-state index < -0.39 is 0 Å². The fourth-order valence-electron chi connectivity index (χ4n) is 2.66. The molecule has 0 atom stereocenters. The topological polar surface area (TPSA) is 84.1 Å². The summed E-state index contributed by atoms with van der Waals surface area (Å²) < 4.78 is 0. The molecule has 0 unspecified atom stereocenters. The number of nitrogens with one attached hydrogen (secondary N) is 1. The number of carbonyl (C=O) groups is 1. The molecule has 2 heterocycles. The van der Waals surface area contributed by atoms with Crippen LogP contribution in [0.1, 0.15) is 28.9 Å². The van der Waals surface area contributed by atoms with Gasteiger partial charge in [-0.05, 0) is 49.1 Å². The normalized spacial score (nSPS) is 14.0. The SMILES string of the molecule is Nc1ccc(CCNC(=O)c2ccc(N3CCCC3)nn2)cc1. The lowest BCUT2D eigenvalue weighted by atomic mass is 10.1. The first-order chi connectivity index (χ1) is 11.2. The van der Waals surface area contributed by atoms with Crippen molar-refractivity contribution in [2.24, 2.45) is 0 Å². The standard InChI is InChI=1S/C17H21N5O/c18-14-5-3-13(4-6-14)9-10-19-17(23)15-7-8-16(21-20-15)22-11-1-2-12-22/h3-8H,1-2,9-12,18H2,(H,19,23). The Morgan fingerprint density at radius 2 is 1.83 bits per heavy atom. The number of aromatic nitrogens is 2. The van der Waals surface area contributed by atoms with E-state index in [1.807, 2.05) is 30.3 Å². The van der Waals surface area contributed by atoms with Crippen LogP contribution in [-0.2, 0) is 6.42 Å². The summed E-state index contributed by atoms with van der Waals surface area (Å²) in [7, 11) is 0. The van der Waals surface area contributed by atoms with Gasteiger partial charge < -0.3 is 16.0 Å². The van der Waals surface area contributed by atoms with Gasteiger partial charge in [-0.1, -0.05) is 12.1 Å². The molecular weight excluding hydrogens is 290 g/mol. The van der Waals surface area contributed by atoms with Crippen LogP contribution in [0.15, 0.2) is 36.4 Å². The van der Waals surface area contributed by atoms with Gasteiger partial charge in [-0.15, -0.1) is 10.2 Å². The number of anilines is 2. The van der Waals surface area contributed by atoms with Crippen LogP contribution in [0.2, 0.25) is 0 Å². The Labute approximate surface area is 135 Å². The van der Waals surface area contributed by atoms with E-state index in [9.17, 15) is 4.79 Å². The summed E-state index contributed by atoms with van der Waals surface area (Å²) >= 11 is 0. The monoisotopic (exact) mass is 311 g/mol. The molecule has 0 radical (unpaired) electrons. The summed E-state index contributed by atoms with van der Waals surface area (Å²) in [5, 5.41) is 11.1. The number of hydrogen-bond acceptors (Lipinski definition) is 5. The van der Waals surface area contributed by atoms with Crippen molar-refractivity contribution >= 4 is 17.4 Å². The second kappa shape index (κ2) is 7.09. The van der Waals surface area contributed by atoms with Crippen LogP contribution in [0, 0.1) is 0 Å². The van der Waals surface area contributed by atoms with Crippen LogP contribution in [0.3, 0.4) is 0 Å². The largest absolute Gasteiger partial charge is 0.399 e. The van der Waals surface area contributed by atoms with E-state index in [2.05, 4.69) is 20.4 Å². The second-order valence-electron chi connectivity index (χ2n) is 5.72. The van der Waals surface area contributed by atoms with Crippen molar-refractivity contribution < 1.29 is 4.79 Å². The predicted octanol–water partition coefficient (Wildman–Crippen LogP) is 1.63. The van der Waals surface area contributed by atoms with Crippen LogP contribution >= 0.6 is 0 Å². The first kappa shape index (κ1) is 15.3. The summed E-state index contributed by atoms with van der Waals surface area (Å²) in [4.78, 5) is 14.3. The zero-order chi connectivity index (χ0) is 16.1. The van der Waals surface area contributed by atoms with E-state index in [-0.39, 0.29) is 5.91 Å². The number of carbonyl (C=O) groups excluding carboxylic acids is 1. The highest BCUT2D eigenvalue weighted by atomic mass is 16.1. The number of benzene rings is 1. The number of rotatable bonds is 5. The first-order valence-electron chi connectivity index (χ1n) is 7.94. The summed E-state index contributed by atoms with van der Waals surface area (Å²) in [5.41, 5.74) is 7.88. The van der Waals surface area contributed by atoms with Gasteiger partial charge in [-0.3, -0.25) is 4.79 Å². The quantitative estimate of drug-likeness (QED) is 0.820. The van der Waals surface area contributed by atoms with Crippen LogP contribution in [0.25, 0.3) is 0 Å². The minimum absolute atomic E-state index is 0.194. The molecule has 1 aromatic carbocycles. The van der Waals surface area contributed by atoms with E-state index in [0.717, 1.165) is 36.6 Å². The molecule has 2 aromatic rings. The molecule has 0 saturated carbocycles. The fourth-order valence-corrected chi connectivity index (χ4v) is 2.66. The third kappa shape index (κ3) is 3.97. The minimum atomic E-state index is -0.194. The molecule has 1 aromatic heterocycles. The van der Waals surface area contributed by atoms with Gasteiger partial charge in [0.15, 0.2) is 11.5 Å². The van der Waals surface area contributed by atoms with E-state index in [0.29, 0.717) is 12.2 Å². The number of nitrogens with zero attached hydrogens (tertiary/aromatic N) is 3. The van der Waals surface area contributed by atoms with E-state index in [4.69, 9.17) is 5.73 Å². The van der Waals surface area contributed by atoms with Gasteiger partial charge in [0.1, 0.15) is 0 Å². The Hall–Kier alpha value is -2.63. The lowest BCUT2D eigenvalue weighted by molar-refractivity contribution is 0.0948. The molecule has 23 heavy (non-hydrogen) atoms. The van der Waals surface area contributed by atoms with Crippen LogP contribution < -0.4 is 16.0 Å². The third-order valence-electron chi connectivity index (χ3n) is 3.99. The smallest absolute Gasteiger partial charge is 0.271 e. The Kier molecular flexibility index (Phi) is 4.71. The molecule has 1 aliphatic rings. The van der Waals surface area contributed by atoms with Crippen molar-refractivity contribution in [2.45, 2.75) is 19.3 Å². The molecule has 1 aliphatic heterocycles. The second-order valence-corrected chi connectivity index (χ2v) is 5.72. The van der Waals surface area contributed by atoms with Crippen molar-refractivity contribution in [1.82, 2.24) is 15.5 Å². The maximum Gasteiger partial charge on any atom is 0.271 e. The molecule has 0 aliphatic carbocycles. The van der Waals surface area contributed by atoms with Gasteiger partial charge in [-0.2, -0.15) is 0 Å². The van der Waals surface area contributed by atoms with Crippen molar-refractivity contribution in [3.05, 3.63) is 47.7 Å². The van der Waals surface area contributed by atoms with E-state index >= 15 is 0 Å². The highest BCUT2D eigenvalue weighted by molar-refractivity contribution is 5.92. The van der Waals surface area contributed by atoms with Gasteiger partial charge in [-0.25, -0.2) is 0 Å². The summed E-state index contributed by atoms with van der Waals surface area (Å²) in [6.07, 6.45) is 3.13. The van der Waals surface area contributed by atoms with Gasteiger partial charge in [0.25, 0.3) is 5.91 Å². The minimum Gasteiger partial charge on any atom is -0.399 e. The van der Waals surface area contributed by atoms with Crippen LogP contribution in [0.5, 0.6) is 0 Å². The van der Waals surface area contributed by atoms with Gasteiger partial charge in [0.05, 0.1) is 0 Å². The molecule has 6 heteroatoms. The average molecular weight is 311 g/mol. The highest BCUT2D eigenvalue weighted by Crippen LogP contribution is 2.16. The Morgan fingerprint density at radius 3 is 2.48 bits per heavy atom. The Balaban J connectivity index is 1.50. The Morgan fingerprint density at radius 1 is 1.09 bits per heavy atom. The van der Waals surface area contributed by atoms with E-state index in [1.165, 1.54) is 12.8 Å². The molecule has 1 amide bonds. The molecule has 0 spiro atoms. The van der Waals surface area contributed by atoms with E-state index in [1.54, 1.807) is 6.07 Å². The zero-order valence-electron chi connectivity index (χ0n) is 13.0. The first-order valence-corrected chi connectivity index (χ1v) is 7.94. The van der Waals surface area contributed by atoms with Crippen LogP contribution in [-0.4, -0.2) is 35.7 Å². The molecule has 1 saturated heterocycles. The lowest BCUT2D eigenvalue weighted by Gasteiger charge is -2.15. The predicted molar refractivity (Wildman–Crippen MR) is 90.4 cm³/mol. The van der Waals surface area contributed by atoms with Gasteiger partial charge >= 0.3 is 0 Å². The van der Waals surface area contributed by atoms with Crippen molar-refractivity contribution in [3.8, 4) is 0 Å². The molecule has 1 fully saturated rings. The summed E-state index contributed by atoms with van der Waals surface area (Å²) in [6.45, 7) is 2.59.